The van der Waals surface area contributed by atoms with Crippen molar-refractivity contribution >= 4 is 22.6 Å². The molecular weight excluding hydrogens is 468 g/mol. The standard InChI is InChI=1S/C29H26N4O4/c1-16-11-21(18(3)32-23-8-6-5-7-20(23)29(35)36)28-22(12-16)26(34)17(2)27(37-28)19-9-10-24(30-13-19)25-14-33(4)15-31-25/h5-15,18,32H,1-4H3,(H,35,36). The minimum Gasteiger partial charge on any atom is -0.478 e. The van der Waals surface area contributed by atoms with E-state index in [1.807, 2.05) is 55.9 Å². The molecule has 0 amide bonds. The van der Waals surface area contributed by atoms with Gasteiger partial charge in [0.05, 0.1) is 29.0 Å². The first kappa shape index (κ1) is 24.0. The zero-order chi connectivity index (χ0) is 26.3. The molecule has 8 nitrogen and oxygen atoms in total. The number of nitrogens with zero attached hydrogens (tertiary/aromatic N) is 3. The number of pyridine rings is 1. The van der Waals surface area contributed by atoms with Crippen LogP contribution < -0.4 is 10.7 Å². The Morgan fingerprint density at radius 3 is 2.54 bits per heavy atom. The number of anilines is 1. The summed E-state index contributed by atoms with van der Waals surface area (Å²) >= 11 is 0. The quantitative estimate of drug-likeness (QED) is 0.309. The molecular formula is C29H26N4O4. The third-order valence-electron chi connectivity index (χ3n) is 6.38. The van der Waals surface area contributed by atoms with Gasteiger partial charge in [0.15, 0.2) is 5.43 Å². The number of rotatable bonds is 6. The van der Waals surface area contributed by atoms with E-state index in [2.05, 4.69) is 15.3 Å². The number of carboxylic acids is 1. The number of para-hydroxylation sites is 1. The van der Waals surface area contributed by atoms with Gasteiger partial charge in [-0.05, 0) is 56.7 Å². The predicted octanol–water partition coefficient (Wildman–Crippen LogP) is 5.74. The molecule has 0 radical (unpaired) electrons. The maximum atomic E-state index is 13.5. The molecule has 0 bridgehead atoms. The smallest absolute Gasteiger partial charge is 0.337 e. The zero-order valence-electron chi connectivity index (χ0n) is 20.9. The van der Waals surface area contributed by atoms with Crippen LogP contribution in [0.5, 0.6) is 0 Å². The van der Waals surface area contributed by atoms with Gasteiger partial charge in [-0.15, -0.1) is 0 Å². The molecule has 186 valence electrons. The Kier molecular flexibility index (Phi) is 6.09. The maximum Gasteiger partial charge on any atom is 0.337 e. The summed E-state index contributed by atoms with van der Waals surface area (Å²) in [5.74, 6) is -0.573. The van der Waals surface area contributed by atoms with Crippen molar-refractivity contribution < 1.29 is 14.3 Å². The fourth-order valence-corrected chi connectivity index (χ4v) is 4.50. The number of nitrogens with one attached hydrogen (secondary N) is 1. The van der Waals surface area contributed by atoms with Gasteiger partial charge in [-0.3, -0.25) is 9.78 Å². The highest BCUT2D eigenvalue weighted by Gasteiger charge is 2.20. The van der Waals surface area contributed by atoms with Gasteiger partial charge in [-0.25, -0.2) is 9.78 Å². The van der Waals surface area contributed by atoms with Crippen molar-refractivity contribution in [3.8, 4) is 22.7 Å². The second-order valence-electron chi connectivity index (χ2n) is 9.19. The molecule has 0 fully saturated rings. The van der Waals surface area contributed by atoms with Gasteiger partial charge in [0.1, 0.15) is 17.0 Å². The van der Waals surface area contributed by atoms with E-state index in [-0.39, 0.29) is 17.0 Å². The van der Waals surface area contributed by atoms with Gasteiger partial charge in [0, 0.05) is 41.8 Å². The molecule has 0 aliphatic rings. The summed E-state index contributed by atoms with van der Waals surface area (Å²) in [4.78, 5) is 34.0. The lowest BCUT2D eigenvalue weighted by molar-refractivity contribution is 0.0698. The Balaban J connectivity index is 1.60. The highest BCUT2D eigenvalue weighted by atomic mass is 16.4. The molecule has 5 rings (SSSR count). The SMILES string of the molecule is Cc1cc(C(C)Nc2ccccc2C(=O)O)c2oc(-c3ccc(-c4cn(C)cn4)nc3)c(C)c(=O)c2c1. The third-order valence-corrected chi connectivity index (χ3v) is 6.38. The van der Waals surface area contributed by atoms with Crippen LogP contribution in [0.1, 0.15) is 40.0 Å². The number of imidazole rings is 1. The maximum absolute atomic E-state index is 13.5. The van der Waals surface area contributed by atoms with Crippen LogP contribution in [0.15, 0.2) is 76.5 Å². The van der Waals surface area contributed by atoms with Crippen molar-refractivity contribution in [2.24, 2.45) is 7.05 Å². The lowest BCUT2D eigenvalue weighted by Crippen LogP contribution is -2.14. The number of aryl methyl sites for hydroxylation is 2. The third kappa shape index (κ3) is 4.49. The summed E-state index contributed by atoms with van der Waals surface area (Å²) in [6.45, 7) is 5.58. The molecule has 0 aliphatic carbocycles. The number of aromatic carboxylic acids is 1. The van der Waals surface area contributed by atoms with E-state index in [0.29, 0.717) is 33.5 Å². The number of hydrogen-bond donors (Lipinski definition) is 2. The Bertz CT molecular complexity index is 1700. The van der Waals surface area contributed by atoms with Gasteiger partial charge < -0.3 is 19.4 Å². The minimum absolute atomic E-state index is 0.117. The number of carbonyl (C=O) groups is 1. The van der Waals surface area contributed by atoms with Crippen LogP contribution in [-0.4, -0.2) is 25.6 Å². The van der Waals surface area contributed by atoms with Crippen LogP contribution in [0.4, 0.5) is 5.69 Å². The predicted molar refractivity (Wildman–Crippen MR) is 143 cm³/mol. The van der Waals surface area contributed by atoms with E-state index in [9.17, 15) is 14.7 Å². The molecule has 0 saturated heterocycles. The van der Waals surface area contributed by atoms with Crippen LogP contribution >= 0.6 is 0 Å². The number of carboxylic acid groups (broad SMARTS) is 1. The van der Waals surface area contributed by atoms with E-state index in [1.165, 1.54) is 0 Å². The van der Waals surface area contributed by atoms with Crippen molar-refractivity contribution in [2.45, 2.75) is 26.8 Å². The molecule has 37 heavy (non-hydrogen) atoms. The van der Waals surface area contributed by atoms with Crippen LogP contribution in [0.2, 0.25) is 0 Å². The Hall–Kier alpha value is -4.72. The molecule has 0 aliphatic heterocycles. The summed E-state index contributed by atoms with van der Waals surface area (Å²) in [5.41, 5.74) is 5.31. The van der Waals surface area contributed by atoms with Crippen molar-refractivity contribution in [1.82, 2.24) is 14.5 Å². The highest BCUT2D eigenvalue weighted by molar-refractivity contribution is 5.94. The van der Waals surface area contributed by atoms with Crippen molar-refractivity contribution in [1.29, 1.82) is 0 Å². The molecule has 1 atom stereocenters. The van der Waals surface area contributed by atoms with E-state index >= 15 is 0 Å². The first-order valence-corrected chi connectivity index (χ1v) is 11.8. The number of fused-ring (bicyclic) bond motifs is 1. The lowest BCUT2D eigenvalue weighted by atomic mass is 9.98. The minimum atomic E-state index is -1.02. The monoisotopic (exact) mass is 494 g/mol. The first-order chi connectivity index (χ1) is 17.7. The van der Waals surface area contributed by atoms with Gasteiger partial charge in [-0.2, -0.15) is 0 Å². The molecule has 3 aromatic heterocycles. The average Bonchev–Trinajstić information content (AvgIpc) is 3.32. The van der Waals surface area contributed by atoms with Crippen LogP contribution in [0, 0.1) is 13.8 Å². The highest BCUT2D eigenvalue weighted by Crippen LogP contribution is 2.33. The average molecular weight is 495 g/mol. The molecule has 5 aromatic rings. The molecule has 3 heterocycles. The topological polar surface area (TPSA) is 110 Å². The van der Waals surface area contributed by atoms with E-state index in [4.69, 9.17) is 4.42 Å². The Morgan fingerprint density at radius 2 is 1.86 bits per heavy atom. The Labute approximate surface area is 213 Å². The van der Waals surface area contributed by atoms with Crippen LogP contribution in [0.25, 0.3) is 33.7 Å². The summed E-state index contributed by atoms with van der Waals surface area (Å²) in [5, 5.41) is 13.3. The second kappa shape index (κ2) is 9.39. The van der Waals surface area contributed by atoms with Gasteiger partial charge >= 0.3 is 5.97 Å². The van der Waals surface area contributed by atoms with E-state index < -0.39 is 5.97 Å². The second-order valence-corrected chi connectivity index (χ2v) is 9.19. The molecule has 1 unspecified atom stereocenters. The molecule has 2 aromatic carbocycles. The lowest BCUT2D eigenvalue weighted by Gasteiger charge is -2.20. The summed E-state index contributed by atoms with van der Waals surface area (Å²) in [6, 6.07) is 13.9. The summed E-state index contributed by atoms with van der Waals surface area (Å²) < 4.78 is 8.27. The fourth-order valence-electron chi connectivity index (χ4n) is 4.50. The molecule has 0 saturated carbocycles. The van der Waals surface area contributed by atoms with Crippen molar-refractivity contribution in [3.05, 3.63) is 99.7 Å². The summed E-state index contributed by atoms with van der Waals surface area (Å²) in [7, 11) is 1.90. The molecule has 0 spiro atoms. The number of hydrogen-bond acceptors (Lipinski definition) is 6. The largest absolute Gasteiger partial charge is 0.478 e. The Morgan fingerprint density at radius 1 is 1.08 bits per heavy atom. The number of aromatic nitrogens is 3. The van der Waals surface area contributed by atoms with Crippen molar-refractivity contribution in [2.75, 3.05) is 5.32 Å². The molecule has 2 N–H and O–H groups in total. The number of benzene rings is 2. The van der Waals surface area contributed by atoms with Gasteiger partial charge in [0.25, 0.3) is 0 Å². The van der Waals surface area contributed by atoms with Gasteiger partial charge in [-0.1, -0.05) is 18.2 Å². The van der Waals surface area contributed by atoms with Crippen molar-refractivity contribution in [3.63, 3.8) is 0 Å². The molecule has 8 heteroatoms. The fraction of sp³-hybridized carbons (Fsp3) is 0.172. The van der Waals surface area contributed by atoms with E-state index in [0.717, 1.165) is 22.5 Å². The zero-order valence-corrected chi connectivity index (χ0v) is 20.9. The normalized spacial score (nSPS) is 12.0. The van der Waals surface area contributed by atoms with Gasteiger partial charge in [0.2, 0.25) is 0 Å². The van der Waals surface area contributed by atoms with Crippen LogP contribution in [0.3, 0.4) is 0 Å². The summed E-state index contributed by atoms with van der Waals surface area (Å²) in [6.07, 6.45) is 5.28. The first-order valence-electron chi connectivity index (χ1n) is 11.8. The van der Waals surface area contributed by atoms with E-state index in [1.54, 1.807) is 43.7 Å². The van der Waals surface area contributed by atoms with Crippen LogP contribution in [-0.2, 0) is 7.05 Å².